The number of amides is 3. The standard InChI is InChI=1S/C18H22N4O2/c1-22(2)18(24)21-13-16-12-15(9-11-19-16)17(23)20-10-8-14-6-4-3-5-7-14/h3-7,9,11-12H,8,10,13H2,1-2H3,(H,20,23)(H,21,24). The summed E-state index contributed by atoms with van der Waals surface area (Å²) in [5.74, 6) is -0.145. The fraction of sp³-hybridized carbons (Fsp3) is 0.278. The Kier molecular flexibility index (Phi) is 6.31. The minimum atomic E-state index is -0.200. The number of benzene rings is 1. The predicted octanol–water partition coefficient (Wildman–Crippen LogP) is 1.83. The highest BCUT2D eigenvalue weighted by atomic mass is 16.2. The highest BCUT2D eigenvalue weighted by molar-refractivity contribution is 5.94. The van der Waals surface area contributed by atoms with Crippen molar-refractivity contribution >= 4 is 11.9 Å². The summed E-state index contributed by atoms with van der Waals surface area (Å²) in [6.45, 7) is 0.847. The van der Waals surface area contributed by atoms with Crippen LogP contribution in [0.5, 0.6) is 0 Å². The Labute approximate surface area is 141 Å². The highest BCUT2D eigenvalue weighted by Gasteiger charge is 2.08. The van der Waals surface area contributed by atoms with Crippen molar-refractivity contribution in [2.24, 2.45) is 0 Å². The second-order valence-corrected chi connectivity index (χ2v) is 5.58. The van der Waals surface area contributed by atoms with Gasteiger partial charge in [-0.15, -0.1) is 0 Å². The fourth-order valence-electron chi connectivity index (χ4n) is 2.11. The third kappa shape index (κ3) is 5.39. The summed E-state index contributed by atoms with van der Waals surface area (Å²) in [6, 6.07) is 13.1. The first-order valence-electron chi connectivity index (χ1n) is 7.78. The average molecular weight is 326 g/mol. The molecule has 0 bridgehead atoms. The summed E-state index contributed by atoms with van der Waals surface area (Å²) in [4.78, 5) is 29.3. The van der Waals surface area contributed by atoms with Crippen molar-refractivity contribution < 1.29 is 9.59 Å². The van der Waals surface area contributed by atoms with Crippen LogP contribution < -0.4 is 10.6 Å². The SMILES string of the molecule is CN(C)C(=O)NCc1cc(C(=O)NCCc2ccccc2)ccn1. The number of pyridine rings is 1. The van der Waals surface area contributed by atoms with Gasteiger partial charge in [0.1, 0.15) is 0 Å². The first-order valence-corrected chi connectivity index (χ1v) is 7.78. The van der Waals surface area contributed by atoms with Gasteiger partial charge in [-0.3, -0.25) is 9.78 Å². The Morgan fingerprint density at radius 3 is 2.54 bits per heavy atom. The van der Waals surface area contributed by atoms with E-state index in [1.807, 2.05) is 30.3 Å². The van der Waals surface area contributed by atoms with E-state index in [9.17, 15) is 9.59 Å². The van der Waals surface area contributed by atoms with Gasteiger partial charge in [-0.05, 0) is 24.1 Å². The molecule has 2 N–H and O–H groups in total. The first kappa shape index (κ1) is 17.5. The van der Waals surface area contributed by atoms with Gasteiger partial charge in [0, 0.05) is 32.4 Å². The molecule has 1 aromatic heterocycles. The van der Waals surface area contributed by atoms with Gasteiger partial charge in [0.25, 0.3) is 5.91 Å². The molecule has 1 aromatic carbocycles. The third-order valence-electron chi connectivity index (χ3n) is 3.45. The van der Waals surface area contributed by atoms with Gasteiger partial charge in [-0.25, -0.2) is 4.79 Å². The summed E-state index contributed by atoms with van der Waals surface area (Å²) >= 11 is 0. The largest absolute Gasteiger partial charge is 0.352 e. The number of aromatic nitrogens is 1. The molecule has 126 valence electrons. The van der Waals surface area contributed by atoms with Crippen molar-refractivity contribution in [3.05, 3.63) is 65.5 Å². The van der Waals surface area contributed by atoms with Gasteiger partial charge in [0.2, 0.25) is 0 Å². The Morgan fingerprint density at radius 2 is 1.83 bits per heavy atom. The van der Waals surface area contributed by atoms with Crippen LogP contribution in [0, 0.1) is 0 Å². The Bertz CT molecular complexity index is 686. The number of nitrogens with zero attached hydrogens (tertiary/aromatic N) is 2. The zero-order valence-electron chi connectivity index (χ0n) is 14.0. The maximum atomic E-state index is 12.2. The Hall–Kier alpha value is -2.89. The molecule has 0 fully saturated rings. The quantitative estimate of drug-likeness (QED) is 0.850. The molecule has 0 unspecified atom stereocenters. The molecule has 0 saturated heterocycles. The molecule has 2 aromatic rings. The molecule has 6 nitrogen and oxygen atoms in total. The van der Waals surface area contributed by atoms with Crippen molar-refractivity contribution in [3.8, 4) is 0 Å². The van der Waals surface area contributed by atoms with Gasteiger partial charge >= 0.3 is 6.03 Å². The summed E-state index contributed by atoms with van der Waals surface area (Å²) < 4.78 is 0. The number of carbonyl (C=O) groups excluding carboxylic acids is 2. The van der Waals surface area contributed by atoms with E-state index in [0.29, 0.717) is 17.8 Å². The normalized spacial score (nSPS) is 10.1. The number of rotatable bonds is 6. The second kappa shape index (κ2) is 8.67. The zero-order chi connectivity index (χ0) is 17.4. The third-order valence-corrected chi connectivity index (χ3v) is 3.45. The summed E-state index contributed by atoms with van der Waals surface area (Å²) in [7, 11) is 3.33. The molecule has 0 aliphatic carbocycles. The van der Waals surface area contributed by atoms with Crippen molar-refractivity contribution in [3.63, 3.8) is 0 Å². The molecule has 0 aliphatic heterocycles. The molecule has 3 amide bonds. The molecular formula is C18H22N4O2. The van der Waals surface area contributed by atoms with E-state index in [1.165, 1.54) is 10.5 Å². The molecule has 2 rings (SSSR count). The van der Waals surface area contributed by atoms with Crippen molar-refractivity contribution in [2.75, 3.05) is 20.6 Å². The fourth-order valence-corrected chi connectivity index (χ4v) is 2.11. The van der Waals surface area contributed by atoms with Gasteiger partial charge < -0.3 is 15.5 Å². The van der Waals surface area contributed by atoms with Crippen LogP contribution in [0.1, 0.15) is 21.6 Å². The van der Waals surface area contributed by atoms with Crippen LogP contribution in [0.3, 0.4) is 0 Å². The maximum absolute atomic E-state index is 12.2. The summed E-state index contributed by atoms with van der Waals surface area (Å²) in [6.07, 6.45) is 2.35. The minimum absolute atomic E-state index is 0.145. The Balaban J connectivity index is 1.85. The van der Waals surface area contributed by atoms with Crippen molar-refractivity contribution in [1.29, 1.82) is 0 Å². The number of carbonyl (C=O) groups is 2. The molecule has 0 spiro atoms. The lowest BCUT2D eigenvalue weighted by Crippen LogP contribution is -2.34. The minimum Gasteiger partial charge on any atom is -0.352 e. The smallest absolute Gasteiger partial charge is 0.317 e. The lowest BCUT2D eigenvalue weighted by molar-refractivity contribution is 0.0954. The monoisotopic (exact) mass is 326 g/mol. The lowest BCUT2D eigenvalue weighted by atomic mass is 10.1. The van der Waals surface area contributed by atoms with Gasteiger partial charge in [0.15, 0.2) is 0 Å². The second-order valence-electron chi connectivity index (χ2n) is 5.58. The van der Waals surface area contributed by atoms with Crippen LogP contribution in [0.25, 0.3) is 0 Å². The van der Waals surface area contributed by atoms with E-state index in [0.717, 1.165) is 6.42 Å². The van der Waals surface area contributed by atoms with Crippen molar-refractivity contribution in [1.82, 2.24) is 20.5 Å². The highest BCUT2D eigenvalue weighted by Crippen LogP contribution is 2.03. The number of hydrogen-bond donors (Lipinski definition) is 2. The zero-order valence-corrected chi connectivity index (χ0v) is 14.0. The molecule has 0 aliphatic rings. The summed E-state index contributed by atoms with van der Waals surface area (Å²) in [5.41, 5.74) is 2.35. The predicted molar refractivity (Wildman–Crippen MR) is 92.6 cm³/mol. The van der Waals surface area contributed by atoms with Gasteiger partial charge in [0.05, 0.1) is 12.2 Å². The molecular weight excluding hydrogens is 304 g/mol. The topological polar surface area (TPSA) is 74.3 Å². The molecule has 6 heteroatoms. The number of hydrogen-bond acceptors (Lipinski definition) is 3. The van der Waals surface area contributed by atoms with Crippen LogP contribution >= 0.6 is 0 Å². The van der Waals surface area contributed by atoms with E-state index in [4.69, 9.17) is 0 Å². The Morgan fingerprint density at radius 1 is 1.08 bits per heavy atom. The van der Waals surface area contributed by atoms with Gasteiger partial charge in [-0.1, -0.05) is 30.3 Å². The van der Waals surface area contributed by atoms with E-state index >= 15 is 0 Å². The van der Waals surface area contributed by atoms with E-state index in [1.54, 1.807) is 32.4 Å². The van der Waals surface area contributed by atoms with Crippen LogP contribution in [-0.2, 0) is 13.0 Å². The molecule has 0 atom stereocenters. The van der Waals surface area contributed by atoms with Gasteiger partial charge in [-0.2, -0.15) is 0 Å². The molecule has 0 saturated carbocycles. The average Bonchev–Trinajstić information content (AvgIpc) is 2.60. The van der Waals surface area contributed by atoms with E-state index in [-0.39, 0.29) is 18.5 Å². The van der Waals surface area contributed by atoms with E-state index in [2.05, 4.69) is 15.6 Å². The van der Waals surface area contributed by atoms with Crippen LogP contribution in [0.2, 0.25) is 0 Å². The molecule has 1 heterocycles. The number of urea groups is 1. The van der Waals surface area contributed by atoms with Crippen LogP contribution in [0.15, 0.2) is 48.7 Å². The molecule has 0 radical (unpaired) electrons. The van der Waals surface area contributed by atoms with Crippen LogP contribution in [0.4, 0.5) is 4.79 Å². The maximum Gasteiger partial charge on any atom is 0.317 e. The molecule has 24 heavy (non-hydrogen) atoms. The lowest BCUT2D eigenvalue weighted by Gasteiger charge is -2.12. The summed E-state index contributed by atoms with van der Waals surface area (Å²) in [5, 5.41) is 5.62. The van der Waals surface area contributed by atoms with E-state index < -0.39 is 0 Å². The number of nitrogens with one attached hydrogen (secondary N) is 2. The first-order chi connectivity index (χ1) is 11.6. The van der Waals surface area contributed by atoms with Crippen LogP contribution in [-0.4, -0.2) is 42.5 Å². The van der Waals surface area contributed by atoms with Crippen molar-refractivity contribution in [2.45, 2.75) is 13.0 Å².